The third kappa shape index (κ3) is 5.20. The molecule has 1 aliphatic carbocycles. The summed E-state index contributed by atoms with van der Waals surface area (Å²) in [5, 5.41) is 11.2. The van der Waals surface area contributed by atoms with Crippen molar-refractivity contribution in [1.29, 1.82) is 0 Å². The van der Waals surface area contributed by atoms with Crippen molar-refractivity contribution in [1.82, 2.24) is 15.0 Å². The molecule has 0 unspecified atom stereocenters. The van der Waals surface area contributed by atoms with Crippen LogP contribution in [0, 0.1) is 10.1 Å². The van der Waals surface area contributed by atoms with Crippen LogP contribution in [0.15, 0.2) is 48.9 Å². The van der Waals surface area contributed by atoms with E-state index in [0.717, 1.165) is 18.4 Å². The van der Waals surface area contributed by atoms with Crippen molar-refractivity contribution in [2.45, 2.75) is 37.9 Å². The van der Waals surface area contributed by atoms with Gasteiger partial charge in [0.1, 0.15) is 11.9 Å². The number of ether oxygens (including phenoxy) is 3. The van der Waals surface area contributed by atoms with E-state index in [1.165, 1.54) is 31.8 Å². The van der Waals surface area contributed by atoms with Crippen molar-refractivity contribution < 1.29 is 23.9 Å². The van der Waals surface area contributed by atoms with E-state index < -0.39 is 10.9 Å². The smallest absolute Gasteiger partial charge is 0.360 e. The molecular formula is C23H23N5O6. The van der Waals surface area contributed by atoms with Crippen molar-refractivity contribution in [3.63, 3.8) is 0 Å². The Balaban J connectivity index is 1.39. The van der Waals surface area contributed by atoms with E-state index in [0.29, 0.717) is 24.3 Å². The lowest BCUT2D eigenvalue weighted by atomic mass is 9.95. The van der Waals surface area contributed by atoms with E-state index >= 15 is 0 Å². The number of benzene rings is 1. The Bertz CT molecular complexity index is 1200. The van der Waals surface area contributed by atoms with Crippen LogP contribution in [0.3, 0.4) is 0 Å². The highest BCUT2D eigenvalue weighted by Gasteiger charge is 2.26. The molecule has 0 atom stereocenters. The van der Waals surface area contributed by atoms with Gasteiger partial charge in [0.05, 0.1) is 36.1 Å². The van der Waals surface area contributed by atoms with Gasteiger partial charge in [-0.2, -0.15) is 0 Å². The Hall–Kier alpha value is -4.28. The standard InChI is InChI=1S/C23H23N5O6/c1-32-23(29)21-22(24)26-12-18(27-21)14-3-2-4-17(11-14)33-15-5-7-16(8-6-15)34-20-9-10-25-13-19(20)28(30)31/h2-4,9-13,15-16H,5-8H2,1H3,(H2,24,26)/t15-,16+. The molecule has 2 aromatic heterocycles. The average molecular weight is 465 g/mol. The van der Waals surface area contributed by atoms with Gasteiger partial charge in [-0.25, -0.2) is 14.8 Å². The van der Waals surface area contributed by atoms with Crippen LogP contribution in [0.2, 0.25) is 0 Å². The van der Waals surface area contributed by atoms with Crippen LogP contribution >= 0.6 is 0 Å². The predicted octanol–water partition coefficient (Wildman–Crippen LogP) is 3.58. The third-order valence-corrected chi connectivity index (χ3v) is 5.48. The average Bonchev–Trinajstić information content (AvgIpc) is 2.85. The van der Waals surface area contributed by atoms with Crippen LogP contribution in [0.25, 0.3) is 11.3 Å². The van der Waals surface area contributed by atoms with Gasteiger partial charge in [0.2, 0.25) is 5.75 Å². The summed E-state index contributed by atoms with van der Waals surface area (Å²) < 4.78 is 16.7. The second-order valence-electron chi connectivity index (χ2n) is 7.74. The summed E-state index contributed by atoms with van der Waals surface area (Å²) in [5.74, 6) is 0.229. The molecule has 0 amide bonds. The molecule has 2 N–H and O–H groups in total. The highest BCUT2D eigenvalue weighted by atomic mass is 16.6. The second kappa shape index (κ2) is 10.1. The summed E-state index contributed by atoms with van der Waals surface area (Å²) in [6.45, 7) is 0. The number of pyridine rings is 1. The molecule has 34 heavy (non-hydrogen) atoms. The van der Waals surface area contributed by atoms with Gasteiger partial charge in [-0.1, -0.05) is 12.1 Å². The Labute approximate surface area is 195 Å². The number of nitrogen functional groups attached to an aromatic ring is 1. The van der Waals surface area contributed by atoms with Gasteiger partial charge in [-0.3, -0.25) is 15.1 Å². The van der Waals surface area contributed by atoms with Crippen LogP contribution in [-0.4, -0.2) is 45.2 Å². The minimum atomic E-state index is -0.657. The van der Waals surface area contributed by atoms with Crippen molar-refractivity contribution in [3.05, 3.63) is 64.7 Å². The second-order valence-corrected chi connectivity index (χ2v) is 7.74. The molecule has 1 saturated carbocycles. The zero-order valence-electron chi connectivity index (χ0n) is 18.4. The van der Waals surface area contributed by atoms with Crippen LogP contribution in [0.5, 0.6) is 11.5 Å². The maximum Gasteiger partial charge on any atom is 0.360 e. The zero-order chi connectivity index (χ0) is 24.1. The Morgan fingerprint density at radius 3 is 2.56 bits per heavy atom. The summed E-state index contributed by atoms with van der Waals surface area (Å²) in [7, 11) is 1.25. The van der Waals surface area contributed by atoms with Gasteiger partial charge in [0.15, 0.2) is 11.5 Å². The lowest BCUT2D eigenvalue weighted by molar-refractivity contribution is -0.386. The quantitative estimate of drug-likeness (QED) is 0.311. The first kappa shape index (κ1) is 22.9. The molecule has 176 valence electrons. The highest BCUT2D eigenvalue weighted by molar-refractivity contribution is 5.92. The number of hydrogen-bond acceptors (Lipinski definition) is 10. The molecule has 3 aromatic rings. The van der Waals surface area contributed by atoms with Crippen LogP contribution < -0.4 is 15.2 Å². The molecule has 0 aliphatic heterocycles. The Morgan fingerprint density at radius 2 is 1.85 bits per heavy atom. The summed E-state index contributed by atoms with van der Waals surface area (Å²) in [6.07, 6.45) is 6.89. The lowest BCUT2D eigenvalue weighted by Crippen LogP contribution is -2.30. The number of esters is 1. The predicted molar refractivity (Wildman–Crippen MR) is 121 cm³/mol. The number of nitrogens with zero attached hydrogens (tertiary/aromatic N) is 4. The fourth-order valence-corrected chi connectivity index (χ4v) is 3.76. The molecule has 4 rings (SSSR count). The maximum absolute atomic E-state index is 11.9. The number of aromatic nitrogens is 3. The molecule has 11 heteroatoms. The molecule has 0 bridgehead atoms. The van der Waals surface area contributed by atoms with Crippen molar-refractivity contribution in [2.75, 3.05) is 12.8 Å². The normalized spacial score (nSPS) is 17.6. The van der Waals surface area contributed by atoms with E-state index in [9.17, 15) is 14.9 Å². The first-order chi connectivity index (χ1) is 16.4. The highest BCUT2D eigenvalue weighted by Crippen LogP contribution is 2.32. The van der Waals surface area contributed by atoms with Gasteiger partial charge < -0.3 is 19.9 Å². The van der Waals surface area contributed by atoms with E-state index in [1.54, 1.807) is 0 Å². The van der Waals surface area contributed by atoms with E-state index in [2.05, 4.69) is 15.0 Å². The van der Waals surface area contributed by atoms with Crippen LogP contribution in [-0.2, 0) is 4.74 Å². The molecule has 0 spiro atoms. The number of carbonyl (C=O) groups excluding carboxylic acids is 1. The first-order valence-electron chi connectivity index (χ1n) is 10.7. The number of nitro groups is 1. The first-order valence-corrected chi connectivity index (χ1v) is 10.7. The number of methoxy groups -OCH3 is 1. The van der Waals surface area contributed by atoms with Crippen LogP contribution in [0.4, 0.5) is 11.5 Å². The molecule has 1 aromatic carbocycles. The minimum Gasteiger partial charge on any atom is -0.490 e. The number of anilines is 1. The monoisotopic (exact) mass is 465 g/mol. The van der Waals surface area contributed by atoms with Gasteiger partial charge in [0, 0.05) is 17.8 Å². The molecule has 1 aliphatic rings. The largest absolute Gasteiger partial charge is 0.490 e. The topological polar surface area (TPSA) is 153 Å². The SMILES string of the molecule is COC(=O)c1nc(-c2cccc(O[C@H]3CC[C@@H](Oc4ccncc4[N+](=O)[O-])CC3)c2)cnc1N. The summed E-state index contributed by atoms with van der Waals surface area (Å²) >= 11 is 0. The van der Waals surface area contributed by atoms with Crippen LogP contribution in [0.1, 0.15) is 36.2 Å². The summed E-state index contributed by atoms with van der Waals surface area (Å²) in [6, 6.07) is 8.85. The maximum atomic E-state index is 11.9. The van der Waals surface area contributed by atoms with Gasteiger partial charge >= 0.3 is 11.7 Å². The van der Waals surface area contributed by atoms with Gasteiger partial charge in [-0.05, 0) is 37.8 Å². The molecule has 11 nitrogen and oxygen atoms in total. The fourth-order valence-electron chi connectivity index (χ4n) is 3.76. The molecule has 2 heterocycles. The number of hydrogen-bond donors (Lipinski definition) is 1. The minimum absolute atomic E-state index is 0.000851. The van der Waals surface area contributed by atoms with Gasteiger partial charge in [-0.15, -0.1) is 0 Å². The van der Waals surface area contributed by atoms with E-state index in [-0.39, 0.29) is 35.2 Å². The molecule has 0 saturated heterocycles. The van der Waals surface area contributed by atoms with E-state index in [4.69, 9.17) is 19.9 Å². The van der Waals surface area contributed by atoms with Crippen molar-refractivity contribution >= 4 is 17.5 Å². The Kier molecular flexibility index (Phi) is 6.81. The number of nitrogens with two attached hydrogens (primary N) is 1. The lowest BCUT2D eigenvalue weighted by Gasteiger charge is -2.29. The third-order valence-electron chi connectivity index (χ3n) is 5.48. The number of carbonyl (C=O) groups is 1. The number of rotatable bonds is 7. The zero-order valence-corrected chi connectivity index (χ0v) is 18.4. The summed E-state index contributed by atoms with van der Waals surface area (Å²) in [5.41, 5.74) is 6.74. The summed E-state index contributed by atoms with van der Waals surface area (Å²) in [4.78, 5) is 34.6. The van der Waals surface area contributed by atoms with Crippen molar-refractivity contribution in [3.8, 4) is 22.8 Å². The van der Waals surface area contributed by atoms with Crippen molar-refractivity contribution in [2.24, 2.45) is 0 Å². The molecular weight excluding hydrogens is 442 g/mol. The molecule has 0 radical (unpaired) electrons. The van der Waals surface area contributed by atoms with E-state index in [1.807, 2.05) is 24.3 Å². The fraction of sp³-hybridized carbons (Fsp3) is 0.304. The Morgan fingerprint density at radius 1 is 1.12 bits per heavy atom. The molecule has 1 fully saturated rings. The van der Waals surface area contributed by atoms with Gasteiger partial charge in [0.25, 0.3) is 0 Å².